The van der Waals surface area contributed by atoms with Crippen LogP contribution < -0.4 is 132 Å². The first-order valence-electron chi connectivity index (χ1n) is 37.0. The van der Waals surface area contributed by atoms with Gasteiger partial charge in [-0.1, -0.05) is 137 Å². The van der Waals surface area contributed by atoms with Crippen molar-refractivity contribution in [2.24, 2.45) is 16.1 Å². The zero-order valence-corrected chi connectivity index (χ0v) is 80.0. The van der Waals surface area contributed by atoms with Crippen LogP contribution in [0.15, 0.2) is 181 Å². The van der Waals surface area contributed by atoms with Crippen molar-refractivity contribution in [3.8, 4) is 0 Å². The van der Waals surface area contributed by atoms with Crippen molar-refractivity contribution in [1.29, 1.82) is 0 Å². The number of fused-ring (bicyclic) bond motifs is 2. The monoisotopic (exact) mass is 1880 g/mol. The summed E-state index contributed by atoms with van der Waals surface area (Å²) in [5.41, 5.74) is 6.99. The summed E-state index contributed by atoms with van der Waals surface area (Å²) in [6.07, 6.45) is 4.48. The Hall–Kier alpha value is -9.40. The number of aliphatic carboxylic acids is 1. The van der Waals surface area contributed by atoms with Crippen LogP contribution in [0.5, 0.6) is 0 Å². The van der Waals surface area contributed by atoms with Gasteiger partial charge < -0.3 is 84.6 Å². The number of rotatable bonds is 21. The summed E-state index contributed by atoms with van der Waals surface area (Å²) in [6.45, 7) is 3.17. The number of thiol groups is 1. The molecule has 4 aliphatic rings. The number of pyridine rings is 3. The summed E-state index contributed by atoms with van der Waals surface area (Å²) in [4.78, 5) is 182. The number of carboxylic acids is 1. The van der Waals surface area contributed by atoms with Crippen LogP contribution in [0.2, 0.25) is 0 Å². The number of benzene rings is 4. The number of piperidine rings is 2. The van der Waals surface area contributed by atoms with Crippen LogP contribution >= 0.6 is 28.7 Å². The van der Waals surface area contributed by atoms with Crippen molar-refractivity contribution < 1.29 is 258 Å². The Bertz CT molecular complexity index is 4500. The average molecular weight is 1880 g/mol. The molecule has 0 saturated carbocycles. The van der Waals surface area contributed by atoms with E-state index in [1.807, 2.05) is 128 Å². The maximum absolute atomic E-state index is 12.4. The van der Waals surface area contributed by atoms with Crippen LogP contribution in [0, 0.1) is 18.8 Å². The number of halogens is 1. The van der Waals surface area contributed by atoms with E-state index in [4.69, 9.17) is 38.8 Å². The Labute approximate surface area is 841 Å². The molecule has 7 aromatic rings. The molecule has 0 unspecified atom stereocenters. The van der Waals surface area contributed by atoms with Gasteiger partial charge in [0, 0.05) is 67.9 Å². The van der Waals surface area contributed by atoms with E-state index in [1.54, 1.807) is 40.1 Å². The van der Waals surface area contributed by atoms with Gasteiger partial charge in [-0.3, -0.25) is 63.2 Å². The fourth-order valence-corrected chi connectivity index (χ4v) is 11.6. The quantitative estimate of drug-likeness (QED) is 0.0108. The largest absolute Gasteiger partial charge is 1.00 e. The number of alkyl halides is 1. The van der Waals surface area contributed by atoms with Gasteiger partial charge in [0.15, 0.2) is 0 Å². The van der Waals surface area contributed by atoms with Gasteiger partial charge in [0.05, 0.1) is 89.1 Å². The van der Waals surface area contributed by atoms with E-state index in [1.165, 1.54) is 82.0 Å². The number of hydrogen-bond donors (Lipinski definition) is 3. The number of carbonyl (C=O) groups excluding carboxylic acids is 13. The minimum absolute atomic E-state index is 0. The van der Waals surface area contributed by atoms with Gasteiger partial charge >= 0.3 is 213 Å². The molecule has 4 fully saturated rings. The number of esters is 6. The van der Waals surface area contributed by atoms with Crippen molar-refractivity contribution in [1.82, 2.24) is 44.8 Å². The van der Waals surface area contributed by atoms with Gasteiger partial charge in [-0.25, -0.2) is 33.6 Å². The van der Waals surface area contributed by atoms with E-state index in [-0.39, 0.29) is 254 Å². The summed E-state index contributed by atoms with van der Waals surface area (Å²) in [6, 6.07) is 47.0. The van der Waals surface area contributed by atoms with E-state index in [2.05, 4.69) is 89.5 Å². The van der Waals surface area contributed by atoms with Crippen molar-refractivity contribution >= 4 is 121 Å². The van der Waals surface area contributed by atoms with Crippen molar-refractivity contribution in [2.75, 3.05) is 95.0 Å². The number of methoxy groups -OCH3 is 6. The van der Waals surface area contributed by atoms with Crippen molar-refractivity contribution in [3.63, 3.8) is 0 Å². The second-order valence-electron chi connectivity index (χ2n) is 25.8. The van der Waals surface area contributed by atoms with Gasteiger partial charge in [0.1, 0.15) is 52.6 Å². The fraction of sp³-hybridized carbons (Fsp3) is 0.354. The van der Waals surface area contributed by atoms with Gasteiger partial charge in [-0.05, 0) is 91.3 Å². The van der Waals surface area contributed by atoms with E-state index in [9.17, 15) is 62.3 Å². The Morgan fingerprint density at radius 2 is 0.921 bits per heavy atom. The summed E-state index contributed by atoms with van der Waals surface area (Å²) in [5.74, 6) is -4.63. The number of aromatic nitrogens is 3. The van der Waals surface area contributed by atoms with Gasteiger partial charge in [0.2, 0.25) is 11.8 Å². The first kappa shape index (κ1) is 117. The van der Waals surface area contributed by atoms with E-state index in [0.717, 1.165) is 33.6 Å². The zero-order valence-electron chi connectivity index (χ0n) is 72.3. The van der Waals surface area contributed by atoms with E-state index >= 15 is 0 Å². The third kappa shape index (κ3) is 44.4. The number of carbonyl (C=O) groups is 14. The zero-order chi connectivity index (χ0) is 89.7. The summed E-state index contributed by atoms with van der Waals surface area (Å²) < 4.78 is 50.8. The number of aryl methyl sites for hydroxylation is 1. The molecule has 3 aromatic heterocycles. The van der Waals surface area contributed by atoms with Gasteiger partial charge in [-0.2, -0.15) is 0 Å². The van der Waals surface area contributed by atoms with Gasteiger partial charge in [-0.15, -0.1) is 0 Å². The third-order valence-electron chi connectivity index (χ3n) is 17.6. The maximum atomic E-state index is 12.4. The predicted octanol–water partition coefficient (Wildman–Crippen LogP) is -1.48. The molecule has 4 atom stereocenters. The third-order valence-corrected chi connectivity index (χ3v) is 18.1. The number of piperazine rings is 2. The second kappa shape index (κ2) is 66.9. The van der Waals surface area contributed by atoms with Crippen LogP contribution in [0.3, 0.4) is 0 Å². The Morgan fingerprint density at radius 1 is 0.548 bits per heavy atom. The van der Waals surface area contributed by atoms with E-state index < -0.39 is 54.2 Å². The minimum atomic E-state index is -0.869. The number of hydrogen-bond acceptors (Lipinski definition) is 32. The Kier molecular flexibility index (Phi) is 61.9. The molecule has 38 nitrogen and oxygen atoms in total. The Morgan fingerprint density at radius 3 is 1.27 bits per heavy atom. The van der Waals surface area contributed by atoms with Crippen molar-refractivity contribution in [2.45, 2.75) is 83.0 Å². The standard InChI is InChI=1S/C19H20N2O6.C18H22N2O5.C17H20N2O5.C11H13NO4.C8H8BrNO2.C8H9NO2.CH2O3.BHNS.2K.Li.H2O.H/c1-25-17(22)12-21(19(24)27-13-14-6-4-3-5-7-14)11-16-9-8-15(10-20-16)18(23)26-2;1-24-17(22)14-7-8-15-10-19(11-16(21)20(15)9-14)18(23)25-12-13-5-3-2-4-6-13;20-15-10-18(17(23)24-11-12-4-2-1-3-5-12)9-14-7-6-13(16(21)22)8-19(14)15;1-15-10(13)7-12-11(14)16-8-9-5-3-2-4-6-9;1-12-8(11)6-2-3-7(4-9)10-5-6;1-6-3-4-7(5-9-6)8(10)11-2;2-1-4-3;1-2-3;;;;;/h3-10H,11-13H2,1-2H3;2-6,14-15H,7-12H2,1H3;1-5,13-14H,6-11H2,(H,21,22);2-6H,7-8H2,1H3,(H,12,14);2-3,5H,4H2,1H3;3-5H,1-2H3;1,3H;3H;;;;1H2;/q;;;;;;;;3*+1;;-1/p-2/t;14-,15+;13-,14+;;;;;;;;;;/m.00........../s1. The molecule has 1 radical (unpaired) electrons. The molecular formula is C82H96BBrK2LiN10O28S. The molecule has 7 heterocycles. The molecule has 4 aliphatic heterocycles. The molecule has 0 bridgehead atoms. The smallest absolute Gasteiger partial charge is 1.00 e. The number of nitrogens with one attached hydrogen (secondary N) is 1. The minimum Gasteiger partial charge on any atom is -1.00 e. The number of amides is 6. The summed E-state index contributed by atoms with van der Waals surface area (Å²) in [7, 11) is 12.2. The van der Waals surface area contributed by atoms with Crippen molar-refractivity contribution in [3.05, 3.63) is 232 Å². The fourth-order valence-electron chi connectivity index (χ4n) is 11.3. The molecule has 0 spiro atoms. The number of carboxylic acid groups (broad SMARTS) is 1. The number of alkyl carbamates (subject to hydrolysis) is 1. The molecule has 44 heteroatoms. The SMILES string of the molecule is COC(=O)CN(Cc1ccc(C(=O)OC)cn1)C(=O)OCc1ccccc1.COC(=O)CNC(=O)OCc1ccccc1.COC(=O)[C@H]1CC[C@@H]2CN(C(=O)OCc3ccccc3)CC(=O)N2C1.COC(=O)c1ccc(C)nc1.COC(=O)c1ccc(CBr)nc1.O=C(O)[C@H]1CC[C@@H]2CN(C(=O)OCc3ccccc3)CC(=O)N2C1.O=CO[O-].[B]=NS.[H-].[K+].[K+].[Li+].[OH-]. The molecule has 11 rings (SSSR count). The predicted molar refractivity (Wildman–Crippen MR) is 440 cm³/mol. The maximum Gasteiger partial charge on any atom is 1.00 e. The first-order chi connectivity index (χ1) is 58.7. The molecule has 3 N–H and O–H groups in total. The Balaban J connectivity index is 0. The van der Waals surface area contributed by atoms with Crippen LogP contribution in [0.1, 0.15) is 97.5 Å². The van der Waals surface area contributed by atoms with Gasteiger partial charge in [0.25, 0.3) is 6.47 Å². The number of ether oxygens (including phenoxy) is 10. The molecule has 0 aliphatic carbocycles. The van der Waals surface area contributed by atoms with Crippen LogP contribution in [-0.2, 0) is 124 Å². The van der Waals surface area contributed by atoms with Crippen LogP contribution in [0.4, 0.5) is 19.2 Å². The molecule has 4 aromatic carbocycles. The number of nitrogens with zero attached hydrogens (tertiary/aromatic N) is 9. The molecule has 126 heavy (non-hydrogen) atoms. The summed E-state index contributed by atoms with van der Waals surface area (Å²) >= 11 is 6.45. The molecule has 661 valence electrons. The normalized spacial score (nSPS) is 14.4. The topological polar surface area (TPSA) is 493 Å². The molecular weight excluding hydrogens is 1780 g/mol. The van der Waals surface area contributed by atoms with Crippen LogP contribution in [-0.4, -0.2) is 249 Å². The second-order valence-corrected chi connectivity index (χ2v) is 26.6. The first-order valence-corrected chi connectivity index (χ1v) is 38.5. The summed E-state index contributed by atoms with van der Waals surface area (Å²) in [5, 5.41) is 20.5. The van der Waals surface area contributed by atoms with E-state index in [0.29, 0.717) is 67.5 Å². The average Bonchev–Trinajstić information content (AvgIpc) is 0.800. The molecule has 4 saturated heterocycles. The van der Waals surface area contributed by atoms with Crippen LogP contribution in [0.25, 0.3) is 0 Å². The molecule has 6 amide bonds.